The number of esters is 1. The van der Waals surface area contributed by atoms with Gasteiger partial charge in [0.05, 0.1) is 13.5 Å². The van der Waals surface area contributed by atoms with Gasteiger partial charge in [0.15, 0.2) is 0 Å². The molecule has 0 aromatic heterocycles. The number of rotatable bonds is 7. The normalized spacial score (nSPS) is 10.7. The van der Waals surface area contributed by atoms with Crippen LogP contribution in [0.1, 0.15) is 17.5 Å². The van der Waals surface area contributed by atoms with E-state index < -0.39 is 0 Å². The standard InChI is InChI=1S/C14H22N2O2/c1-16(9-5-8-15)11-13-7-4-3-6-12(13)10-14(17)18-2/h3-4,6-7H,5,8-11,15H2,1-2H3. The molecule has 1 aromatic carbocycles. The van der Waals surface area contributed by atoms with Crippen LogP contribution < -0.4 is 5.73 Å². The highest BCUT2D eigenvalue weighted by atomic mass is 16.5. The summed E-state index contributed by atoms with van der Waals surface area (Å²) in [6.07, 6.45) is 1.31. The highest BCUT2D eigenvalue weighted by Gasteiger charge is 2.09. The van der Waals surface area contributed by atoms with Crippen molar-refractivity contribution in [2.24, 2.45) is 5.73 Å². The van der Waals surface area contributed by atoms with Gasteiger partial charge in [-0.15, -0.1) is 0 Å². The average molecular weight is 250 g/mol. The SMILES string of the molecule is COC(=O)Cc1ccccc1CN(C)CCCN. The topological polar surface area (TPSA) is 55.6 Å². The van der Waals surface area contributed by atoms with Crippen molar-refractivity contribution >= 4 is 5.97 Å². The van der Waals surface area contributed by atoms with E-state index in [4.69, 9.17) is 10.5 Å². The van der Waals surface area contributed by atoms with Gasteiger partial charge in [-0.25, -0.2) is 0 Å². The lowest BCUT2D eigenvalue weighted by Gasteiger charge is -2.18. The molecule has 4 heteroatoms. The number of nitrogens with two attached hydrogens (primary N) is 1. The van der Waals surface area contributed by atoms with Gasteiger partial charge in [-0.1, -0.05) is 24.3 Å². The predicted octanol–water partition coefficient (Wildman–Crippen LogP) is 1.18. The molecule has 18 heavy (non-hydrogen) atoms. The largest absolute Gasteiger partial charge is 0.469 e. The summed E-state index contributed by atoms with van der Waals surface area (Å²) in [6, 6.07) is 7.97. The van der Waals surface area contributed by atoms with E-state index in [0.29, 0.717) is 13.0 Å². The molecule has 0 radical (unpaired) electrons. The number of benzene rings is 1. The average Bonchev–Trinajstić information content (AvgIpc) is 2.38. The molecule has 0 aliphatic rings. The monoisotopic (exact) mass is 250 g/mol. The van der Waals surface area contributed by atoms with Crippen LogP contribution in [0, 0.1) is 0 Å². The molecule has 0 unspecified atom stereocenters. The summed E-state index contributed by atoms with van der Waals surface area (Å²) in [4.78, 5) is 13.6. The zero-order valence-electron chi connectivity index (χ0n) is 11.2. The molecule has 2 N–H and O–H groups in total. The Kier molecular flexibility index (Phi) is 6.39. The van der Waals surface area contributed by atoms with Crippen LogP contribution in [0.15, 0.2) is 24.3 Å². The molecule has 0 amide bonds. The lowest BCUT2D eigenvalue weighted by molar-refractivity contribution is -0.139. The summed E-state index contributed by atoms with van der Waals surface area (Å²) in [5, 5.41) is 0. The van der Waals surface area contributed by atoms with Crippen LogP contribution in [-0.2, 0) is 22.5 Å². The van der Waals surface area contributed by atoms with Crippen molar-refractivity contribution < 1.29 is 9.53 Å². The molecular weight excluding hydrogens is 228 g/mol. The van der Waals surface area contributed by atoms with Gasteiger partial charge in [-0.2, -0.15) is 0 Å². The molecule has 0 bridgehead atoms. The maximum atomic E-state index is 11.3. The van der Waals surface area contributed by atoms with E-state index >= 15 is 0 Å². The molecule has 0 saturated heterocycles. The third-order valence-electron chi connectivity index (χ3n) is 2.87. The van der Waals surface area contributed by atoms with Crippen molar-refractivity contribution in [3.05, 3.63) is 35.4 Å². The summed E-state index contributed by atoms with van der Waals surface area (Å²) in [5.41, 5.74) is 7.70. The van der Waals surface area contributed by atoms with E-state index in [1.54, 1.807) is 0 Å². The minimum atomic E-state index is -0.202. The van der Waals surface area contributed by atoms with E-state index in [9.17, 15) is 4.79 Å². The Morgan fingerprint density at radius 3 is 2.61 bits per heavy atom. The Balaban J connectivity index is 2.66. The van der Waals surface area contributed by atoms with Crippen molar-refractivity contribution in [2.75, 3.05) is 27.2 Å². The van der Waals surface area contributed by atoms with Crippen molar-refractivity contribution in [3.63, 3.8) is 0 Å². The third-order valence-corrected chi connectivity index (χ3v) is 2.87. The summed E-state index contributed by atoms with van der Waals surface area (Å²) >= 11 is 0. The highest BCUT2D eigenvalue weighted by Crippen LogP contribution is 2.12. The van der Waals surface area contributed by atoms with Gasteiger partial charge in [0.1, 0.15) is 0 Å². The molecule has 0 saturated carbocycles. The van der Waals surface area contributed by atoms with Crippen LogP contribution in [-0.4, -0.2) is 38.1 Å². The van der Waals surface area contributed by atoms with E-state index in [-0.39, 0.29) is 5.97 Å². The number of methoxy groups -OCH3 is 1. The lowest BCUT2D eigenvalue weighted by Crippen LogP contribution is -2.22. The Hall–Kier alpha value is -1.39. The van der Waals surface area contributed by atoms with Crippen LogP contribution in [0.25, 0.3) is 0 Å². The fourth-order valence-corrected chi connectivity index (χ4v) is 1.84. The first-order chi connectivity index (χ1) is 8.67. The quantitative estimate of drug-likeness (QED) is 0.738. The number of hydrogen-bond donors (Lipinski definition) is 1. The first-order valence-electron chi connectivity index (χ1n) is 6.19. The maximum absolute atomic E-state index is 11.3. The molecule has 0 heterocycles. The summed E-state index contributed by atoms with van der Waals surface area (Å²) in [6.45, 7) is 2.49. The molecule has 1 aromatic rings. The predicted molar refractivity (Wildman–Crippen MR) is 72.2 cm³/mol. The smallest absolute Gasteiger partial charge is 0.309 e. The first-order valence-corrected chi connectivity index (χ1v) is 6.19. The Labute approximate surface area is 109 Å². The Morgan fingerprint density at radius 1 is 1.33 bits per heavy atom. The van der Waals surface area contributed by atoms with E-state index in [2.05, 4.69) is 18.0 Å². The molecule has 0 aliphatic carbocycles. The Bertz CT molecular complexity index is 380. The molecule has 0 atom stereocenters. The molecule has 0 aliphatic heterocycles. The van der Waals surface area contributed by atoms with Crippen LogP contribution in [0.3, 0.4) is 0 Å². The Morgan fingerprint density at radius 2 is 2.00 bits per heavy atom. The summed E-state index contributed by atoms with van der Waals surface area (Å²) < 4.78 is 4.71. The van der Waals surface area contributed by atoms with Gasteiger partial charge in [-0.3, -0.25) is 4.79 Å². The minimum absolute atomic E-state index is 0.202. The van der Waals surface area contributed by atoms with E-state index in [0.717, 1.165) is 25.1 Å². The van der Waals surface area contributed by atoms with Gasteiger partial charge in [0, 0.05) is 6.54 Å². The molecule has 0 fully saturated rings. The molecule has 0 spiro atoms. The van der Waals surface area contributed by atoms with Gasteiger partial charge >= 0.3 is 5.97 Å². The number of nitrogens with zero attached hydrogens (tertiary/aromatic N) is 1. The van der Waals surface area contributed by atoms with Crippen LogP contribution >= 0.6 is 0 Å². The van der Waals surface area contributed by atoms with Crippen molar-refractivity contribution in [1.82, 2.24) is 4.90 Å². The van der Waals surface area contributed by atoms with Gasteiger partial charge in [-0.05, 0) is 37.7 Å². The number of ether oxygens (including phenoxy) is 1. The highest BCUT2D eigenvalue weighted by molar-refractivity contribution is 5.72. The second kappa shape index (κ2) is 7.84. The van der Waals surface area contributed by atoms with Gasteiger partial charge in [0.2, 0.25) is 0 Å². The molecular formula is C14H22N2O2. The van der Waals surface area contributed by atoms with Crippen molar-refractivity contribution in [1.29, 1.82) is 0 Å². The van der Waals surface area contributed by atoms with Crippen LogP contribution in [0.2, 0.25) is 0 Å². The van der Waals surface area contributed by atoms with Crippen molar-refractivity contribution in [2.45, 2.75) is 19.4 Å². The third kappa shape index (κ3) is 4.85. The molecule has 1 rings (SSSR count). The summed E-state index contributed by atoms with van der Waals surface area (Å²) in [7, 11) is 3.48. The second-order valence-electron chi connectivity index (χ2n) is 4.40. The zero-order chi connectivity index (χ0) is 13.4. The lowest BCUT2D eigenvalue weighted by atomic mass is 10.0. The van der Waals surface area contributed by atoms with E-state index in [1.165, 1.54) is 12.7 Å². The van der Waals surface area contributed by atoms with E-state index in [1.807, 2.05) is 18.2 Å². The molecule has 4 nitrogen and oxygen atoms in total. The first kappa shape index (κ1) is 14.7. The zero-order valence-corrected chi connectivity index (χ0v) is 11.2. The fourth-order valence-electron chi connectivity index (χ4n) is 1.84. The van der Waals surface area contributed by atoms with Gasteiger partial charge < -0.3 is 15.4 Å². The second-order valence-corrected chi connectivity index (χ2v) is 4.40. The summed E-state index contributed by atoms with van der Waals surface area (Å²) in [5.74, 6) is -0.202. The number of carbonyl (C=O) groups excluding carboxylic acids is 1. The van der Waals surface area contributed by atoms with Crippen LogP contribution in [0.4, 0.5) is 0 Å². The van der Waals surface area contributed by atoms with Crippen LogP contribution in [0.5, 0.6) is 0 Å². The van der Waals surface area contributed by atoms with Crippen molar-refractivity contribution in [3.8, 4) is 0 Å². The molecule has 100 valence electrons. The minimum Gasteiger partial charge on any atom is -0.469 e. The number of carbonyl (C=O) groups is 1. The fraction of sp³-hybridized carbons (Fsp3) is 0.500. The number of hydrogen-bond acceptors (Lipinski definition) is 4. The maximum Gasteiger partial charge on any atom is 0.309 e. The van der Waals surface area contributed by atoms with Gasteiger partial charge in [0.25, 0.3) is 0 Å².